The Kier molecular flexibility index (Phi) is 10.4. The number of benzene rings is 3. The molecule has 4 aromatic rings. The first-order chi connectivity index (χ1) is 20.5. The van der Waals surface area contributed by atoms with Gasteiger partial charge in [-0.2, -0.15) is 4.98 Å². The van der Waals surface area contributed by atoms with Gasteiger partial charge in [-0.3, -0.25) is 4.79 Å². The van der Waals surface area contributed by atoms with Gasteiger partial charge < -0.3 is 33.1 Å². The summed E-state index contributed by atoms with van der Waals surface area (Å²) in [7, 11) is 7.83. The van der Waals surface area contributed by atoms with Crippen molar-refractivity contribution in [2.75, 3.05) is 48.6 Å². The molecule has 10 nitrogen and oxygen atoms in total. The van der Waals surface area contributed by atoms with E-state index < -0.39 is 0 Å². The predicted molar refractivity (Wildman–Crippen MR) is 158 cm³/mol. The zero-order chi connectivity index (χ0) is 29.9. The highest BCUT2D eigenvalue weighted by molar-refractivity contribution is 5.91. The summed E-state index contributed by atoms with van der Waals surface area (Å²) in [5.41, 5.74) is 2.60. The molecular weight excluding hydrogens is 538 g/mol. The van der Waals surface area contributed by atoms with Crippen LogP contribution in [0.25, 0.3) is 17.5 Å². The monoisotopic (exact) mass is 573 g/mol. The van der Waals surface area contributed by atoms with Crippen molar-refractivity contribution in [1.29, 1.82) is 0 Å². The van der Waals surface area contributed by atoms with Crippen LogP contribution in [0.2, 0.25) is 0 Å². The number of methoxy groups -OCH3 is 5. The van der Waals surface area contributed by atoms with Crippen molar-refractivity contribution < 1.29 is 33.0 Å². The Morgan fingerprint density at radius 2 is 1.45 bits per heavy atom. The van der Waals surface area contributed by atoms with Crippen LogP contribution < -0.4 is 23.7 Å². The van der Waals surface area contributed by atoms with Crippen LogP contribution in [0, 0.1) is 0 Å². The zero-order valence-electron chi connectivity index (χ0n) is 24.5. The largest absolute Gasteiger partial charge is 0.493 e. The van der Waals surface area contributed by atoms with Crippen LogP contribution in [0.4, 0.5) is 0 Å². The van der Waals surface area contributed by atoms with Gasteiger partial charge in [-0.1, -0.05) is 41.6 Å². The number of nitrogens with zero attached hydrogens (tertiary/aromatic N) is 3. The van der Waals surface area contributed by atoms with Crippen LogP contribution in [0.1, 0.15) is 17.0 Å². The van der Waals surface area contributed by atoms with Gasteiger partial charge in [0.15, 0.2) is 23.0 Å². The second-order valence-electron chi connectivity index (χ2n) is 9.18. The molecule has 1 heterocycles. The first-order valence-corrected chi connectivity index (χ1v) is 13.4. The minimum atomic E-state index is -0.122. The molecule has 0 aliphatic carbocycles. The van der Waals surface area contributed by atoms with E-state index in [2.05, 4.69) is 10.1 Å². The summed E-state index contributed by atoms with van der Waals surface area (Å²) >= 11 is 0. The molecule has 3 aromatic carbocycles. The molecule has 4 rings (SSSR count). The summed E-state index contributed by atoms with van der Waals surface area (Å²) in [5.74, 6) is 3.38. The van der Waals surface area contributed by atoms with Crippen molar-refractivity contribution in [2.24, 2.45) is 0 Å². The average molecular weight is 574 g/mol. The van der Waals surface area contributed by atoms with E-state index in [0.29, 0.717) is 72.0 Å². The SMILES string of the molecule is COc1ccc(CCN(CCc2nc(-c3cc(OC)c(OC)c(OC)c3)no2)C(=O)/C=C/c2ccccc2)cc1OC. The van der Waals surface area contributed by atoms with Crippen LogP contribution in [-0.4, -0.2) is 69.6 Å². The van der Waals surface area contributed by atoms with Crippen LogP contribution >= 0.6 is 0 Å². The van der Waals surface area contributed by atoms with E-state index in [1.165, 1.54) is 0 Å². The standard InChI is InChI=1S/C32H35N3O7/c1-37-25-13-11-23(19-26(25)38-2)15-17-35(30(36)14-12-22-9-7-6-8-10-22)18-16-29-33-32(34-42-29)24-20-27(39-3)31(41-5)28(21-24)40-4/h6-14,19-21H,15-18H2,1-5H3/b14-12+. The number of rotatable bonds is 14. The Morgan fingerprint density at radius 1 is 0.786 bits per heavy atom. The lowest BCUT2D eigenvalue weighted by atomic mass is 10.1. The molecule has 0 unspecified atom stereocenters. The van der Waals surface area contributed by atoms with Crippen LogP contribution in [-0.2, 0) is 17.6 Å². The summed E-state index contributed by atoms with van der Waals surface area (Å²) in [5, 5.41) is 4.14. The lowest BCUT2D eigenvalue weighted by molar-refractivity contribution is -0.126. The lowest BCUT2D eigenvalue weighted by Gasteiger charge is -2.21. The van der Waals surface area contributed by atoms with Crippen molar-refractivity contribution in [3.63, 3.8) is 0 Å². The summed E-state index contributed by atoms with van der Waals surface area (Å²) in [6, 6.07) is 18.9. The Hall–Kier alpha value is -4.99. The molecule has 0 bridgehead atoms. The number of ether oxygens (including phenoxy) is 5. The molecule has 0 atom stereocenters. The number of hydrogen-bond donors (Lipinski definition) is 0. The number of hydrogen-bond acceptors (Lipinski definition) is 9. The molecule has 1 aromatic heterocycles. The van der Waals surface area contributed by atoms with E-state index in [4.69, 9.17) is 28.2 Å². The van der Waals surface area contributed by atoms with E-state index in [9.17, 15) is 4.79 Å². The molecule has 10 heteroatoms. The fourth-order valence-electron chi connectivity index (χ4n) is 4.38. The lowest BCUT2D eigenvalue weighted by Crippen LogP contribution is -2.33. The third kappa shape index (κ3) is 7.39. The molecule has 0 aliphatic heterocycles. The molecule has 42 heavy (non-hydrogen) atoms. The molecule has 0 aliphatic rings. The maximum atomic E-state index is 13.3. The van der Waals surface area contributed by atoms with Gasteiger partial charge in [0.1, 0.15) is 0 Å². The van der Waals surface area contributed by atoms with Gasteiger partial charge in [-0.15, -0.1) is 0 Å². The number of carbonyl (C=O) groups excluding carboxylic acids is 1. The highest BCUT2D eigenvalue weighted by Crippen LogP contribution is 2.40. The topological polar surface area (TPSA) is 105 Å². The summed E-state index contributed by atoms with van der Waals surface area (Å²) < 4.78 is 32.6. The maximum Gasteiger partial charge on any atom is 0.246 e. The summed E-state index contributed by atoms with van der Waals surface area (Å²) in [6.07, 6.45) is 4.38. The van der Waals surface area contributed by atoms with Crippen molar-refractivity contribution in [2.45, 2.75) is 12.8 Å². The minimum absolute atomic E-state index is 0.122. The maximum absolute atomic E-state index is 13.3. The van der Waals surface area contributed by atoms with Crippen molar-refractivity contribution in [3.05, 3.63) is 83.8 Å². The van der Waals surface area contributed by atoms with Gasteiger partial charge in [0.2, 0.25) is 23.4 Å². The normalized spacial score (nSPS) is 10.9. The molecule has 0 fully saturated rings. The number of aromatic nitrogens is 2. The molecule has 1 amide bonds. The van der Waals surface area contributed by atoms with E-state index >= 15 is 0 Å². The van der Waals surface area contributed by atoms with Gasteiger partial charge in [-0.05, 0) is 47.9 Å². The molecule has 0 saturated carbocycles. The quantitative estimate of drug-likeness (QED) is 0.190. The average Bonchev–Trinajstić information content (AvgIpc) is 3.52. The van der Waals surface area contributed by atoms with Gasteiger partial charge in [0.05, 0.1) is 35.5 Å². The first-order valence-electron chi connectivity index (χ1n) is 13.4. The van der Waals surface area contributed by atoms with E-state index in [1.807, 2.05) is 48.5 Å². The summed E-state index contributed by atoms with van der Waals surface area (Å²) in [4.78, 5) is 19.6. The van der Waals surface area contributed by atoms with E-state index in [0.717, 1.165) is 11.1 Å². The Labute approximate surface area is 245 Å². The Balaban J connectivity index is 1.50. The highest BCUT2D eigenvalue weighted by atomic mass is 16.5. The molecule has 0 saturated heterocycles. The predicted octanol–water partition coefficient (Wildman–Crippen LogP) is 5.11. The minimum Gasteiger partial charge on any atom is -0.493 e. The van der Waals surface area contributed by atoms with Gasteiger partial charge in [-0.25, -0.2) is 0 Å². The molecular formula is C32H35N3O7. The third-order valence-electron chi connectivity index (χ3n) is 6.63. The fraction of sp³-hybridized carbons (Fsp3) is 0.281. The van der Waals surface area contributed by atoms with Crippen molar-refractivity contribution in [3.8, 4) is 40.1 Å². The third-order valence-corrected chi connectivity index (χ3v) is 6.63. The van der Waals surface area contributed by atoms with Crippen molar-refractivity contribution in [1.82, 2.24) is 15.0 Å². The fourth-order valence-corrected chi connectivity index (χ4v) is 4.38. The second kappa shape index (κ2) is 14.6. The zero-order valence-corrected chi connectivity index (χ0v) is 24.5. The van der Waals surface area contributed by atoms with Gasteiger partial charge in [0.25, 0.3) is 0 Å². The Morgan fingerprint density at radius 3 is 2.10 bits per heavy atom. The van der Waals surface area contributed by atoms with E-state index in [-0.39, 0.29) is 5.91 Å². The van der Waals surface area contributed by atoms with Gasteiger partial charge >= 0.3 is 0 Å². The second-order valence-corrected chi connectivity index (χ2v) is 9.18. The van der Waals surface area contributed by atoms with Crippen LogP contribution in [0.15, 0.2) is 71.3 Å². The van der Waals surface area contributed by atoms with Crippen molar-refractivity contribution >= 4 is 12.0 Å². The highest BCUT2D eigenvalue weighted by Gasteiger charge is 2.19. The van der Waals surface area contributed by atoms with Crippen LogP contribution in [0.3, 0.4) is 0 Å². The number of carbonyl (C=O) groups is 1. The Bertz CT molecular complexity index is 1480. The number of amides is 1. The molecule has 0 N–H and O–H groups in total. The molecule has 0 spiro atoms. The summed E-state index contributed by atoms with van der Waals surface area (Å²) in [6.45, 7) is 0.851. The smallest absolute Gasteiger partial charge is 0.246 e. The van der Waals surface area contributed by atoms with E-state index in [1.54, 1.807) is 64.7 Å². The molecule has 0 radical (unpaired) electrons. The molecule has 220 valence electrons. The van der Waals surface area contributed by atoms with Crippen LogP contribution in [0.5, 0.6) is 28.7 Å². The first kappa shape index (κ1) is 30.0. The van der Waals surface area contributed by atoms with Gasteiger partial charge in [0, 0.05) is 31.1 Å².